The Bertz CT molecular complexity index is 892. The normalized spacial score (nSPS) is 12.0. The van der Waals surface area contributed by atoms with Crippen LogP contribution in [0.4, 0.5) is 5.88 Å². The number of nitrogens with one attached hydrogen (secondary N) is 1. The van der Waals surface area contributed by atoms with Crippen LogP contribution in [0.2, 0.25) is 0 Å². The molecule has 8 nitrogen and oxygen atoms in total. The summed E-state index contributed by atoms with van der Waals surface area (Å²) in [6.45, 7) is 5.66. The van der Waals surface area contributed by atoms with Gasteiger partial charge in [-0.05, 0) is 38.5 Å². The number of aromatic nitrogens is 3. The molecule has 0 fully saturated rings. The van der Waals surface area contributed by atoms with E-state index in [2.05, 4.69) is 20.7 Å². The number of thioether (sulfide) groups is 1. The zero-order valence-electron chi connectivity index (χ0n) is 14.6. The minimum absolute atomic E-state index is 0.162. The van der Waals surface area contributed by atoms with Gasteiger partial charge in [0.25, 0.3) is 11.1 Å². The molecule has 2 aromatic heterocycles. The molecule has 3 aromatic rings. The van der Waals surface area contributed by atoms with E-state index in [0.29, 0.717) is 22.7 Å². The average Bonchev–Trinajstić information content (AvgIpc) is 3.22. The second-order valence-corrected chi connectivity index (χ2v) is 6.94. The number of benzene rings is 1. The van der Waals surface area contributed by atoms with Gasteiger partial charge in [0.2, 0.25) is 11.8 Å². The second kappa shape index (κ2) is 8.05. The average molecular weight is 374 g/mol. The van der Waals surface area contributed by atoms with E-state index in [-0.39, 0.29) is 12.5 Å². The van der Waals surface area contributed by atoms with Gasteiger partial charge in [0.05, 0.1) is 10.9 Å². The SMILES string of the molecule is Cc1cccc(OCc2nnc(SC(C)C(=O)Nc3cc(C)no3)o2)c1. The molecule has 1 N–H and O–H groups in total. The van der Waals surface area contributed by atoms with Crippen molar-refractivity contribution in [2.45, 2.75) is 37.9 Å². The van der Waals surface area contributed by atoms with Crippen LogP contribution in [0, 0.1) is 13.8 Å². The van der Waals surface area contributed by atoms with Gasteiger partial charge in [0.15, 0.2) is 6.61 Å². The van der Waals surface area contributed by atoms with E-state index in [1.807, 2.05) is 31.2 Å². The molecular weight excluding hydrogens is 356 g/mol. The van der Waals surface area contributed by atoms with Crippen molar-refractivity contribution in [1.29, 1.82) is 0 Å². The van der Waals surface area contributed by atoms with Gasteiger partial charge in [-0.1, -0.05) is 29.1 Å². The number of hydrogen-bond donors (Lipinski definition) is 1. The van der Waals surface area contributed by atoms with Gasteiger partial charge in [-0.2, -0.15) is 0 Å². The molecule has 3 rings (SSSR count). The maximum Gasteiger partial charge on any atom is 0.277 e. The van der Waals surface area contributed by atoms with Crippen molar-refractivity contribution in [3.05, 3.63) is 47.5 Å². The van der Waals surface area contributed by atoms with Gasteiger partial charge >= 0.3 is 0 Å². The van der Waals surface area contributed by atoms with E-state index >= 15 is 0 Å². The molecule has 136 valence electrons. The number of carbonyl (C=O) groups excluding carboxylic acids is 1. The molecule has 0 aliphatic heterocycles. The van der Waals surface area contributed by atoms with Crippen LogP contribution in [-0.4, -0.2) is 26.5 Å². The Morgan fingerprint density at radius 1 is 1.31 bits per heavy atom. The summed E-state index contributed by atoms with van der Waals surface area (Å²) in [5, 5.41) is 14.1. The smallest absolute Gasteiger partial charge is 0.277 e. The first kappa shape index (κ1) is 18.0. The van der Waals surface area contributed by atoms with Crippen molar-refractivity contribution in [2.75, 3.05) is 5.32 Å². The van der Waals surface area contributed by atoms with Crippen molar-refractivity contribution in [1.82, 2.24) is 15.4 Å². The summed E-state index contributed by atoms with van der Waals surface area (Å²) in [6.07, 6.45) is 0. The zero-order chi connectivity index (χ0) is 18.5. The Balaban J connectivity index is 1.51. The molecule has 9 heteroatoms. The van der Waals surface area contributed by atoms with Crippen LogP contribution in [0.5, 0.6) is 5.75 Å². The fourth-order valence-corrected chi connectivity index (χ4v) is 2.75. The number of ether oxygens (including phenoxy) is 1. The molecule has 0 saturated heterocycles. The van der Waals surface area contributed by atoms with Crippen molar-refractivity contribution < 1.29 is 18.5 Å². The summed E-state index contributed by atoms with van der Waals surface area (Å²) in [6, 6.07) is 9.32. The van der Waals surface area contributed by atoms with E-state index in [9.17, 15) is 4.79 Å². The molecule has 0 aliphatic carbocycles. The van der Waals surface area contributed by atoms with Crippen LogP contribution < -0.4 is 10.1 Å². The minimum Gasteiger partial charge on any atom is -0.484 e. The van der Waals surface area contributed by atoms with Gasteiger partial charge in [0.1, 0.15) is 5.75 Å². The quantitative estimate of drug-likeness (QED) is 0.628. The molecule has 1 aromatic carbocycles. The predicted octanol–water partition coefficient (Wildman–Crippen LogP) is 3.37. The van der Waals surface area contributed by atoms with Crippen LogP contribution >= 0.6 is 11.8 Å². The van der Waals surface area contributed by atoms with Crippen LogP contribution in [0.25, 0.3) is 0 Å². The summed E-state index contributed by atoms with van der Waals surface area (Å²) in [5.74, 6) is 1.12. The van der Waals surface area contributed by atoms with Gasteiger partial charge < -0.3 is 13.7 Å². The highest BCUT2D eigenvalue weighted by molar-refractivity contribution is 8.00. The lowest BCUT2D eigenvalue weighted by atomic mass is 10.2. The predicted molar refractivity (Wildman–Crippen MR) is 95.0 cm³/mol. The summed E-state index contributed by atoms with van der Waals surface area (Å²) < 4.78 is 16.1. The third-order valence-electron chi connectivity index (χ3n) is 3.32. The third-order valence-corrected chi connectivity index (χ3v) is 4.26. The topological polar surface area (TPSA) is 103 Å². The molecule has 0 saturated carbocycles. The van der Waals surface area contributed by atoms with E-state index in [1.54, 1.807) is 19.9 Å². The molecule has 0 aliphatic rings. The van der Waals surface area contributed by atoms with Gasteiger partial charge in [0, 0.05) is 6.07 Å². The highest BCUT2D eigenvalue weighted by Crippen LogP contribution is 2.23. The first-order valence-electron chi connectivity index (χ1n) is 7.92. The van der Waals surface area contributed by atoms with Gasteiger partial charge in [-0.3, -0.25) is 10.1 Å². The van der Waals surface area contributed by atoms with Crippen molar-refractivity contribution >= 4 is 23.6 Å². The largest absolute Gasteiger partial charge is 0.484 e. The summed E-state index contributed by atoms with van der Waals surface area (Å²) in [7, 11) is 0. The highest BCUT2D eigenvalue weighted by Gasteiger charge is 2.19. The lowest BCUT2D eigenvalue weighted by Crippen LogP contribution is -2.22. The number of nitrogens with zero attached hydrogens (tertiary/aromatic N) is 3. The molecule has 0 radical (unpaired) electrons. The highest BCUT2D eigenvalue weighted by atomic mass is 32.2. The molecule has 1 amide bonds. The monoisotopic (exact) mass is 374 g/mol. The first-order chi connectivity index (χ1) is 12.5. The molecular formula is C17H18N4O4S. The Kier molecular flexibility index (Phi) is 5.57. The van der Waals surface area contributed by atoms with E-state index < -0.39 is 5.25 Å². The van der Waals surface area contributed by atoms with Crippen LogP contribution in [0.3, 0.4) is 0 Å². The first-order valence-corrected chi connectivity index (χ1v) is 8.80. The fourth-order valence-electron chi connectivity index (χ4n) is 2.04. The Labute approximate surface area is 154 Å². The Morgan fingerprint density at radius 3 is 2.88 bits per heavy atom. The Morgan fingerprint density at radius 2 is 2.15 bits per heavy atom. The van der Waals surface area contributed by atoms with E-state index in [1.165, 1.54) is 0 Å². The van der Waals surface area contributed by atoms with Crippen LogP contribution in [0.1, 0.15) is 24.1 Å². The van der Waals surface area contributed by atoms with Crippen LogP contribution in [-0.2, 0) is 11.4 Å². The summed E-state index contributed by atoms with van der Waals surface area (Å²) >= 11 is 1.15. The minimum atomic E-state index is -0.452. The lowest BCUT2D eigenvalue weighted by Gasteiger charge is -2.06. The summed E-state index contributed by atoms with van der Waals surface area (Å²) in [4.78, 5) is 12.1. The van der Waals surface area contributed by atoms with Gasteiger partial charge in [-0.15, -0.1) is 10.2 Å². The molecule has 1 atom stereocenters. The number of carbonyl (C=O) groups is 1. The zero-order valence-corrected chi connectivity index (χ0v) is 15.4. The fraction of sp³-hybridized carbons (Fsp3) is 0.294. The number of amides is 1. The van der Waals surface area contributed by atoms with Crippen molar-refractivity contribution in [3.63, 3.8) is 0 Å². The molecule has 1 unspecified atom stereocenters. The molecule has 0 spiro atoms. The Hall–Kier alpha value is -2.81. The molecule has 2 heterocycles. The summed E-state index contributed by atoms with van der Waals surface area (Å²) in [5.41, 5.74) is 1.79. The molecule has 0 bridgehead atoms. The maximum absolute atomic E-state index is 12.1. The van der Waals surface area contributed by atoms with Crippen LogP contribution in [0.15, 0.2) is 44.5 Å². The lowest BCUT2D eigenvalue weighted by molar-refractivity contribution is -0.115. The number of rotatable bonds is 7. The standard InChI is InChI=1S/C17H18N4O4S/c1-10-5-4-6-13(7-10)23-9-15-19-20-17(24-15)26-12(3)16(22)18-14-8-11(2)21-25-14/h4-8,12H,9H2,1-3H3,(H,18,22). The number of anilines is 1. The maximum atomic E-state index is 12.1. The second-order valence-electron chi connectivity index (χ2n) is 5.65. The van der Waals surface area contributed by atoms with Crippen molar-refractivity contribution in [2.24, 2.45) is 0 Å². The van der Waals surface area contributed by atoms with Crippen molar-refractivity contribution in [3.8, 4) is 5.75 Å². The van der Waals surface area contributed by atoms with E-state index in [4.69, 9.17) is 13.7 Å². The number of aryl methyl sites for hydroxylation is 2. The van der Waals surface area contributed by atoms with Gasteiger partial charge in [-0.25, -0.2) is 0 Å². The molecule has 26 heavy (non-hydrogen) atoms. The third kappa shape index (κ3) is 4.85. The van der Waals surface area contributed by atoms with E-state index in [0.717, 1.165) is 23.1 Å². The number of hydrogen-bond acceptors (Lipinski definition) is 8.